The summed E-state index contributed by atoms with van der Waals surface area (Å²) in [5.74, 6) is 0.552. The van der Waals surface area contributed by atoms with Crippen LogP contribution in [0.1, 0.15) is 35.4 Å². The second kappa shape index (κ2) is 7.11. The number of fused-ring (bicyclic) bond motifs is 1. The topological polar surface area (TPSA) is 71.8 Å². The first kappa shape index (κ1) is 17.8. The van der Waals surface area contributed by atoms with Crippen molar-refractivity contribution in [2.24, 2.45) is 7.05 Å². The van der Waals surface area contributed by atoms with E-state index >= 15 is 0 Å². The Bertz CT molecular complexity index is 901. The average Bonchev–Trinajstić information content (AvgIpc) is 3.19. The van der Waals surface area contributed by atoms with Crippen molar-refractivity contribution in [3.05, 3.63) is 41.2 Å². The van der Waals surface area contributed by atoms with Crippen molar-refractivity contribution in [1.29, 1.82) is 0 Å². The van der Waals surface area contributed by atoms with E-state index in [-0.39, 0.29) is 18.3 Å². The number of thiazole rings is 1. The number of hydrogen-bond donors (Lipinski definition) is 2. The molecule has 25 heavy (non-hydrogen) atoms. The van der Waals surface area contributed by atoms with Gasteiger partial charge in [-0.15, -0.1) is 23.7 Å². The van der Waals surface area contributed by atoms with Gasteiger partial charge < -0.3 is 10.6 Å². The lowest BCUT2D eigenvalue weighted by molar-refractivity contribution is -0.118. The van der Waals surface area contributed by atoms with Crippen LogP contribution in [0.3, 0.4) is 0 Å². The zero-order valence-electron chi connectivity index (χ0n) is 14.0. The largest absolute Gasteiger partial charge is 0.324 e. The molecule has 2 aromatic heterocycles. The minimum atomic E-state index is -0.433. The van der Waals surface area contributed by atoms with Gasteiger partial charge in [0.2, 0.25) is 5.91 Å². The molecule has 1 aliphatic rings. The summed E-state index contributed by atoms with van der Waals surface area (Å²) in [4.78, 5) is 17.3. The molecule has 4 rings (SSSR count). The Morgan fingerprint density at radius 3 is 2.84 bits per heavy atom. The van der Waals surface area contributed by atoms with E-state index in [9.17, 15) is 4.79 Å². The molecule has 2 heterocycles. The minimum absolute atomic E-state index is 0. The van der Waals surface area contributed by atoms with Gasteiger partial charge >= 0.3 is 0 Å². The molecule has 0 aliphatic heterocycles. The fraction of sp³-hybridized carbons (Fsp3) is 0.353. The monoisotopic (exact) mass is 377 g/mol. The van der Waals surface area contributed by atoms with Crippen molar-refractivity contribution in [2.75, 3.05) is 12.4 Å². The molecule has 1 fully saturated rings. The fourth-order valence-electron chi connectivity index (χ4n) is 2.78. The molecule has 6 nitrogen and oxygen atoms in total. The van der Waals surface area contributed by atoms with E-state index in [1.54, 1.807) is 29.3 Å². The highest BCUT2D eigenvalue weighted by Crippen LogP contribution is 2.43. The third-order valence-corrected chi connectivity index (χ3v) is 5.39. The number of amides is 1. The first-order valence-corrected chi connectivity index (χ1v) is 8.83. The second-order valence-corrected chi connectivity index (χ2v) is 7.23. The van der Waals surface area contributed by atoms with E-state index in [0.717, 1.165) is 21.5 Å². The number of aryl methyl sites for hydroxylation is 1. The maximum Gasteiger partial charge on any atom is 0.246 e. The summed E-state index contributed by atoms with van der Waals surface area (Å²) >= 11 is 1.73. The van der Waals surface area contributed by atoms with E-state index < -0.39 is 6.04 Å². The van der Waals surface area contributed by atoms with Gasteiger partial charge in [-0.1, -0.05) is 0 Å². The van der Waals surface area contributed by atoms with Gasteiger partial charge in [-0.25, -0.2) is 4.98 Å². The quantitative estimate of drug-likeness (QED) is 0.716. The summed E-state index contributed by atoms with van der Waals surface area (Å²) in [6, 6.07) is 5.46. The van der Waals surface area contributed by atoms with Gasteiger partial charge in [-0.2, -0.15) is 5.10 Å². The molecule has 8 heteroatoms. The number of hydrogen-bond acceptors (Lipinski definition) is 5. The summed E-state index contributed by atoms with van der Waals surface area (Å²) in [6.07, 6.45) is 6.04. The summed E-state index contributed by atoms with van der Waals surface area (Å²) < 4.78 is 2.81. The van der Waals surface area contributed by atoms with Crippen LogP contribution < -0.4 is 10.6 Å². The van der Waals surface area contributed by atoms with Gasteiger partial charge in [0.25, 0.3) is 0 Å². The Balaban J connectivity index is 0.00000182. The van der Waals surface area contributed by atoms with Crippen LogP contribution in [0.25, 0.3) is 10.2 Å². The highest BCUT2D eigenvalue weighted by molar-refractivity contribution is 7.18. The Labute approximate surface area is 156 Å². The van der Waals surface area contributed by atoms with Crippen molar-refractivity contribution in [1.82, 2.24) is 20.1 Å². The third kappa shape index (κ3) is 3.68. The van der Waals surface area contributed by atoms with Gasteiger partial charge in [0.05, 0.1) is 21.4 Å². The molecule has 0 radical (unpaired) electrons. The Kier molecular flexibility index (Phi) is 5.08. The molecule has 2 N–H and O–H groups in total. The summed E-state index contributed by atoms with van der Waals surface area (Å²) in [6.45, 7) is 0. The molecular formula is C17H20ClN5OS. The first-order valence-electron chi connectivity index (χ1n) is 8.01. The molecule has 1 saturated carbocycles. The first-order chi connectivity index (χ1) is 11.6. The minimum Gasteiger partial charge on any atom is -0.324 e. The van der Waals surface area contributed by atoms with Crippen LogP contribution in [-0.4, -0.2) is 27.7 Å². The normalized spacial score (nSPS) is 15.0. The summed E-state index contributed by atoms with van der Waals surface area (Å²) in [5, 5.41) is 11.4. The number of carbonyl (C=O) groups is 1. The maximum atomic E-state index is 12.6. The highest BCUT2D eigenvalue weighted by Gasteiger charge is 2.27. The van der Waals surface area contributed by atoms with Crippen LogP contribution in [-0.2, 0) is 11.8 Å². The molecule has 1 amide bonds. The Hall–Kier alpha value is -1.96. The number of aromatic nitrogens is 3. The number of nitrogens with zero attached hydrogens (tertiary/aromatic N) is 3. The van der Waals surface area contributed by atoms with Crippen LogP contribution in [0, 0.1) is 0 Å². The van der Waals surface area contributed by atoms with Gasteiger partial charge in [0.1, 0.15) is 6.04 Å². The molecule has 1 aromatic carbocycles. The van der Waals surface area contributed by atoms with Gasteiger partial charge in [0, 0.05) is 30.4 Å². The summed E-state index contributed by atoms with van der Waals surface area (Å²) in [7, 11) is 3.61. The molecular weight excluding hydrogens is 358 g/mol. The van der Waals surface area contributed by atoms with E-state index in [2.05, 4.69) is 20.7 Å². The lowest BCUT2D eigenvalue weighted by Gasteiger charge is -2.14. The fourth-order valence-corrected chi connectivity index (χ4v) is 3.95. The predicted molar refractivity (Wildman–Crippen MR) is 102 cm³/mol. The Morgan fingerprint density at radius 2 is 2.20 bits per heavy atom. The molecule has 0 spiro atoms. The number of likely N-dealkylation sites (N-methyl/N-ethyl adjacent to an activating group) is 1. The molecule has 1 aliphatic carbocycles. The van der Waals surface area contributed by atoms with Crippen LogP contribution in [0.4, 0.5) is 5.69 Å². The smallest absolute Gasteiger partial charge is 0.246 e. The number of anilines is 1. The molecule has 1 atom stereocenters. The standard InChI is InChI=1S/C17H19N5OS.ClH/c1-18-15(11-8-19-22(2)9-11)16(23)20-12-5-6-13-14(7-12)24-17(21-13)10-3-4-10;/h5-10,15,18H,3-4H2,1-2H3,(H,20,23);1H. The molecule has 0 bridgehead atoms. The lowest BCUT2D eigenvalue weighted by Crippen LogP contribution is -2.30. The highest BCUT2D eigenvalue weighted by atomic mass is 35.5. The van der Waals surface area contributed by atoms with Crippen molar-refractivity contribution >= 4 is 45.6 Å². The van der Waals surface area contributed by atoms with Crippen molar-refractivity contribution < 1.29 is 4.79 Å². The van der Waals surface area contributed by atoms with Crippen LogP contribution in [0.2, 0.25) is 0 Å². The van der Waals surface area contributed by atoms with Gasteiger partial charge in [0.15, 0.2) is 0 Å². The number of rotatable bonds is 5. The van der Waals surface area contributed by atoms with Crippen LogP contribution >= 0.6 is 23.7 Å². The van der Waals surface area contributed by atoms with E-state index in [1.807, 2.05) is 31.4 Å². The van der Waals surface area contributed by atoms with Gasteiger partial charge in [-0.05, 0) is 38.1 Å². The molecule has 1 unspecified atom stereocenters. The van der Waals surface area contributed by atoms with E-state index in [0.29, 0.717) is 5.92 Å². The molecule has 132 valence electrons. The van der Waals surface area contributed by atoms with Crippen molar-refractivity contribution in [3.63, 3.8) is 0 Å². The number of nitrogens with one attached hydrogen (secondary N) is 2. The third-order valence-electron chi connectivity index (χ3n) is 4.21. The van der Waals surface area contributed by atoms with Crippen LogP contribution in [0.15, 0.2) is 30.6 Å². The Morgan fingerprint density at radius 1 is 1.40 bits per heavy atom. The molecule has 0 saturated heterocycles. The zero-order valence-corrected chi connectivity index (χ0v) is 15.7. The summed E-state index contributed by atoms with van der Waals surface area (Å²) in [5.41, 5.74) is 2.65. The predicted octanol–water partition coefficient (Wildman–Crippen LogP) is 3.23. The number of halogens is 1. The zero-order chi connectivity index (χ0) is 16.7. The second-order valence-electron chi connectivity index (χ2n) is 6.17. The van der Waals surface area contributed by atoms with Crippen molar-refractivity contribution in [3.8, 4) is 0 Å². The van der Waals surface area contributed by atoms with Crippen LogP contribution in [0.5, 0.6) is 0 Å². The van der Waals surface area contributed by atoms with Gasteiger partial charge in [-0.3, -0.25) is 9.48 Å². The number of benzene rings is 1. The van der Waals surface area contributed by atoms with E-state index in [1.165, 1.54) is 17.8 Å². The molecule has 3 aromatic rings. The maximum absolute atomic E-state index is 12.6. The average molecular weight is 378 g/mol. The SMILES string of the molecule is CNC(C(=O)Nc1ccc2nc(C3CC3)sc2c1)c1cnn(C)c1.Cl. The van der Waals surface area contributed by atoms with Crippen molar-refractivity contribution in [2.45, 2.75) is 24.8 Å². The number of carbonyl (C=O) groups excluding carboxylic acids is 1. The lowest BCUT2D eigenvalue weighted by atomic mass is 10.1. The van der Waals surface area contributed by atoms with E-state index in [4.69, 9.17) is 0 Å².